The summed E-state index contributed by atoms with van der Waals surface area (Å²) in [4.78, 5) is 0. The van der Waals surface area contributed by atoms with Crippen LogP contribution in [0.25, 0.3) is 97.2 Å². The van der Waals surface area contributed by atoms with E-state index in [4.69, 9.17) is 42.2 Å². The summed E-state index contributed by atoms with van der Waals surface area (Å²) in [6.45, 7) is 10.9. The molecule has 664 valence electrons. The maximum Gasteiger partial charge on any atom is 0.130 e. The summed E-state index contributed by atoms with van der Waals surface area (Å²) in [5.41, 5.74) is 29.4. The van der Waals surface area contributed by atoms with Gasteiger partial charge in [-0.15, -0.1) is 0 Å². The summed E-state index contributed by atoms with van der Waals surface area (Å²) in [7, 11) is 0. The van der Waals surface area contributed by atoms with Gasteiger partial charge in [0.05, 0.1) is 39.6 Å². The number of halogens is 3. The number of aliphatic hydroxyl groups excluding tert-OH is 6. The van der Waals surface area contributed by atoms with Crippen molar-refractivity contribution in [1.82, 2.24) is 0 Å². The highest BCUT2D eigenvalue weighted by atomic mass is 35.5. The Bertz CT molecular complexity index is 5770. The lowest BCUT2D eigenvalue weighted by Crippen LogP contribution is -1.82. The average Bonchev–Trinajstić information content (AvgIpc) is 0.918. The first-order chi connectivity index (χ1) is 64.4. The minimum atomic E-state index is -0.234. The molecule has 9 heteroatoms. The second-order valence-electron chi connectivity index (χ2n) is 31.1. The molecule has 0 aliphatic carbocycles. The van der Waals surface area contributed by atoms with E-state index < -0.39 is 0 Å². The summed E-state index contributed by atoms with van der Waals surface area (Å²) in [6, 6.07) is 130. The number of aryl methyl sites for hydroxylation is 5. The molecule has 0 radical (unpaired) electrons. The standard InChI is InChI=1S/3C16H16O.C15H13ClO.2C15H13FO.2C15H14/c1-13-2-4-14(5-3-13)6-7-15-8-10-16(12-17)11-9-15;2*1-13-3-2-4-15(11-13)8-5-14-6-9-16(12-17)10-7-14;2*16-15-3-1-2-13(10-15)7-4-12-5-8-14(11-17)9-6-12;16-15-4-2-1-3-14(15)10-9-12-5-7-13(11-17)8-6-12;2*1-13-7-9-15(10-8-13)12-11-14-5-3-2-4-6-14/h3*2-11,17H,12H2,1H3;3*1-10,17H,11H2;2*2-12H,1H3/b7-6+;2*8-5+;2*7-4+;10-9+;2*12-11+. The van der Waals surface area contributed by atoms with E-state index in [1.807, 2.05) is 218 Å². The maximum atomic E-state index is 13.3. The molecule has 132 heavy (non-hydrogen) atoms. The van der Waals surface area contributed by atoms with Gasteiger partial charge in [0, 0.05) is 10.6 Å². The van der Waals surface area contributed by atoms with Crippen molar-refractivity contribution in [1.29, 1.82) is 0 Å². The quantitative estimate of drug-likeness (QED) is 0.0376. The molecule has 6 nitrogen and oxygen atoms in total. The van der Waals surface area contributed by atoms with E-state index in [2.05, 4.69) is 265 Å². The third-order valence-electron chi connectivity index (χ3n) is 20.2. The Morgan fingerprint density at radius 1 is 0.182 bits per heavy atom. The van der Waals surface area contributed by atoms with Gasteiger partial charge in [-0.25, -0.2) is 8.78 Å². The van der Waals surface area contributed by atoms with Crippen LogP contribution < -0.4 is 0 Å². The molecule has 0 aliphatic rings. The largest absolute Gasteiger partial charge is 0.392 e. The van der Waals surface area contributed by atoms with Gasteiger partial charge in [0.15, 0.2) is 0 Å². The molecule has 0 aliphatic heterocycles. The number of hydrogen-bond acceptors (Lipinski definition) is 6. The van der Waals surface area contributed by atoms with Gasteiger partial charge >= 0.3 is 0 Å². The Labute approximate surface area is 784 Å². The molecule has 0 spiro atoms. The van der Waals surface area contributed by atoms with Crippen LogP contribution in [0.4, 0.5) is 8.78 Å². The van der Waals surface area contributed by atoms with E-state index >= 15 is 0 Å². The zero-order chi connectivity index (χ0) is 93.5. The molecular weight excluding hydrogens is 1650 g/mol. The van der Waals surface area contributed by atoms with Crippen LogP contribution in [0.3, 0.4) is 0 Å². The fourth-order valence-electron chi connectivity index (χ4n) is 12.5. The Balaban J connectivity index is 0.000000170. The Morgan fingerprint density at radius 2 is 0.386 bits per heavy atom. The SMILES string of the molecule is Cc1ccc(/C=C/c2ccc(CO)cc2)cc1.Cc1ccc(/C=C/c2ccccc2)cc1.Cc1ccc(/C=C/c2ccccc2)cc1.Cc1cccc(/C=C/c2ccc(CO)cc2)c1.Cc1cccc(/C=C/c2ccc(CO)cc2)c1.OCc1ccc(/C=C/c2cccc(Cl)c2)cc1.OCc1ccc(/C=C/c2cccc(F)c2)cc1.OCc1ccc(/C=C/c2ccccc2F)cc1. The minimum absolute atomic E-state index is 0.0390. The number of aliphatic hydroxyl groups is 6. The van der Waals surface area contributed by atoms with E-state index in [0.717, 1.165) is 82.9 Å². The molecule has 0 saturated carbocycles. The van der Waals surface area contributed by atoms with Crippen molar-refractivity contribution < 1.29 is 39.4 Å². The summed E-state index contributed by atoms with van der Waals surface area (Å²) in [6.07, 6.45) is 32.4. The van der Waals surface area contributed by atoms with Crippen molar-refractivity contribution in [2.45, 2.75) is 74.3 Å². The van der Waals surface area contributed by atoms with Crippen molar-refractivity contribution >= 4 is 109 Å². The summed E-state index contributed by atoms with van der Waals surface area (Å²) in [5, 5.41) is 54.3. The molecule has 6 N–H and O–H groups in total. The molecule has 0 fully saturated rings. The molecule has 16 rings (SSSR count). The van der Waals surface area contributed by atoms with Crippen LogP contribution in [0.15, 0.2) is 400 Å². The molecule has 0 amide bonds. The van der Waals surface area contributed by atoms with Crippen LogP contribution in [0, 0.1) is 46.3 Å². The minimum Gasteiger partial charge on any atom is -0.392 e. The number of benzene rings is 16. The summed E-state index contributed by atoms with van der Waals surface area (Å²) >= 11 is 5.90. The number of hydrogen-bond donors (Lipinski definition) is 6. The van der Waals surface area contributed by atoms with Crippen LogP contribution in [0.1, 0.15) is 150 Å². The van der Waals surface area contributed by atoms with Crippen LogP contribution in [-0.4, -0.2) is 30.6 Å². The van der Waals surface area contributed by atoms with Crippen molar-refractivity contribution in [3.05, 3.63) is 567 Å². The van der Waals surface area contributed by atoms with Crippen LogP contribution in [-0.2, 0) is 39.6 Å². The van der Waals surface area contributed by atoms with Gasteiger partial charge in [0.2, 0.25) is 0 Å². The van der Waals surface area contributed by atoms with E-state index in [-0.39, 0.29) is 51.3 Å². The van der Waals surface area contributed by atoms with Crippen LogP contribution in [0.5, 0.6) is 0 Å². The molecule has 0 saturated heterocycles. The molecule has 16 aromatic rings. The fraction of sp³-hybridized carbons (Fsp3) is 0.0894. The smallest absolute Gasteiger partial charge is 0.130 e. The Hall–Kier alpha value is -14.7. The van der Waals surface area contributed by atoms with Gasteiger partial charge in [0.25, 0.3) is 0 Å². The van der Waals surface area contributed by atoms with Crippen molar-refractivity contribution in [2.24, 2.45) is 0 Å². The highest BCUT2D eigenvalue weighted by Crippen LogP contribution is 2.21. The van der Waals surface area contributed by atoms with Crippen LogP contribution >= 0.6 is 11.6 Å². The highest BCUT2D eigenvalue weighted by Gasteiger charge is 2.02. The van der Waals surface area contributed by atoms with E-state index in [1.165, 1.54) is 85.0 Å². The lowest BCUT2D eigenvalue weighted by molar-refractivity contribution is 0.281. The van der Waals surface area contributed by atoms with Crippen molar-refractivity contribution in [3.8, 4) is 0 Å². The van der Waals surface area contributed by atoms with Crippen LogP contribution in [0.2, 0.25) is 5.02 Å². The Morgan fingerprint density at radius 3 is 0.636 bits per heavy atom. The molecule has 0 unspecified atom stereocenters. The van der Waals surface area contributed by atoms with Crippen molar-refractivity contribution in [3.63, 3.8) is 0 Å². The maximum absolute atomic E-state index is 13.3. The molecule has 16 aromatic carbocycles. The highest BCUT2D eigenvalue weighted by molar-refractivity contribution is 6.30. The molecule has 0 atom stereocenters. The zero-order valence-electron chi connectivity index (χ0n) is 75.4. The first-order valence-corrected chi connectivity index (χ1v) is 44.1. The first-order valence-electron chi connectivity index (χ1n) is 43.7. The predicted molar refractivity (Wildman–Crippen MR) is 559 cm³/mol. The van der Waals surface area contributed by atoms with E-state index in [1.54, 1.807) is 30.3 Å². The lowest BCUT2D eigenvalue weighted by atomic mass is 10.1. The zero-order valence-corrected chi connectivity index (χ0v) is 76.2. The molecule has 0 aromatic heterocycles. The summed E-state index contributed by atoms with van der Waals surface area (Å²) in [5.74, 6) is -0.460. The average molecular weight is 1760 g/mol. The third kappa shape index (κ3) is 39.9. The fourth-order valence-corrected chi connectivity index (χ4v) is 12.7. The number of rotatable bonds is 22. The van der Waals surface area contributed by atoms with Gasteiger partial charge < -0.3 is 30.6 Å². The normalized spacial score (nSPS) is 10.9. The molecule has 0 bridgehead atoms. The summed E-state index contributed by atoms with van der Waals surface area (Å²) < 4.78 is 26.3. The second kappa shape index (κ2) is 58.0. The molecule has 0 heterocycles. The topological polar surface area (TPSA) is 121 Å². The van der Waals surface area contributed by atoms with Gasteiger partial charge in [-0.1, -0.05) is 507 Å². The van der Waals surface area contributed by atoms with E-state index in [9.17, 15) is 8.78 Å². The molecular formula is C123H115ClF2O6. The van der Waals surface area contributed by atoms with Gasteiger partial charge in [0.1, 0.15) is 11.6 Å². The second-order valence-corrected chi connectivity index (χ2v) is 31.5. The van der Waals surface area contributed by atoms with Gasteiger partial charge in [-0.2, -0.15) is 0 Å². The van der Waals surface area contributed by atoms with Gasteiger partial charge in [-0.05, 0) is 182 Å². The third-order valence-corrected chi connectivity index (χ3v) is 20.5. The lowest BCUT2D eigenvalue weighted by Gasteiger charge is -1.98. The van der Waals surface area contributed by atoms with Crippen molar-refractivity contribution in [2.75, 3.05) is 0 Å². The Kier molecular flexibility index (Phi) is 44.4. The first kappa shape index (κ1) is 101. The van der Waals surface area contributed by atoms with E-state index in [0.29, 0.717) is 5.56 Å². The monoisotopic (exact) mass is 1760 g/mol. The predicted octanol–water partition coefficient (Wildman–Crippen LogP) is 30.3. The van der Waals surface area contributed by atoms with Gasteiger partial charge in [-0.3, -0.25) is 0 Å².